The smallest absolute Gasteiger partial charge is 0.234 e. The zero-order valence-electron chi connectivity index (χ0n) is 15.3. The van der Waals surface area contributed by atoms with E-state index in [1.165, 1.54) is 23.9 Å². The standard InChI is InChI=1S/C20H20FN3O3S/c1-27-18-4-2-3-16(9-18)22-19(26)13-28-20-23-17(12-25)11-24(20)10-14-5-7-15(21)8-6-14/h2-9,11,25H,10,12-13H2,1H3,(H,22,26). The highest BCUT2D eigenvalue weighted by molar-refractivity contribution is 7.99. The number of rotatable bonds is 8. The Morgan fingerprint density at radius 1 is 1.29 bits per heavy atom. The molecule has 6 nitrogen and oxygen atoms in total. The molecular formula is C20H20FN3O3S. The molecule has 2 N–H and O–H groups in total. The van der Waals surface area contributed by atoms with E-state index in [0.29, 0.717) is 28.8 Å². The average molecular weight is 401 g/mol. The molecule has 2 aromatic carbocycles. The molecule has 1 heterocycles. The Balaban J connectivity index is 1.65. The fraction of sp³-hybridized carbons (Fsp3) is 0.200. The Labute approximate surface area is 166 Å². The van der Waals surface area contributed by atoms with Gasteiger partial charge in [-0.05, 0) is 29.8 Å². The average Bonchev–Trinajstić information content (AvgIpc) is 3.10. The zero-order valence-corrected chi connectivity index (χ0v) is 16.1. The van der Waals surface area contributed by atoms with Gasteiger partial charge in [0.1, 0.15) is 11.6 Å². The van der Waals surface area contributed by atoms with Crippen LogP contribution in [0.25, 0.3) is 0 Å². The second-order valence-corrected chi connectivity index (χ2v) is 6.94. The van der Waals surface area contributed by atoms with Crippen LogP contribution in [-0.4, -0.2) is 33.4 Å². The van der Waals surface area contributed by atoms with Gasteiger partial charge in [0.05, 0.1) is 25.2 Å². The first kappa shape index (κ1) is 19.9. The van der Waals surface area contributed by atoms with Gasteiger partial charge in [-0.1, -0.05) is 30.0 Å². The van der Waals surface area contributed by atoms with E-state index < -0.39 is 0 Å². The molecule has 1 aromatic heterocycles. The van der Waals surface area contributed by atoms with Gasteiger partial charge >= 0.3 is 0 Å². The maximum absolute atomic E-state index is 13.1. The number of ether oxygens (including phenoxy) is 1. The lowest BCUT2D eigenvalue weighted by Gasteiger charge is -2.09. The van der Waals surface area contributed by atoms with Crippen LogP contribution in [0.3, 0.4) is 0 Å². The van der Waals surface area contributed by atoms with Crippen LogP contribution in [0, 0.1) is 5.82 Å². The Morgan fingerprint density at radius 3 is 2.79 bits per heavy atom. The highest BCUT2D eigenvalue weighted by atomic mass is 32.2. The van der Waals surface area contributed by atoms with E-state index in [0.717, 1.165) is 5.56 Å². The molecule has 0 aliphatic rings. The normalized spacial score (nSPS) is 10.7. The van der Waals surface area contributed by atoms with Gasteiger partial charge in [-0.2, -0.15) is 0 Å². The fourth-order valence-corrected chi connectivity index (χ4v) is 3.37. The molecule has 0 bridgehead atoms. The van der Waals surface area contributed by atoms with Gasteiger partial charge in [-0.3, -0.25) is 4.79 Å². The number of nitrogens with one attached hydrogen (secondary N) is 1. The summed E-state index contributed by atoms with van der Waals surface area (Å²) in [5.74, 6) is 0.338. The van der Waals surface area contributed by atoms with Crippen molar-refractivity contribution in [2.45, 2.75) is 18.3 Å². The number of halogens is 1. The van der Waals surface area contributed by atoms with E-state index in [1.54, 1.807) is 49.7 Å². The molecule has 8 heteroatoms. The van der Waals surface area contributed by atoms with E-state index in [1.807, 2.05) is 4.57 Å². The number of amides is 1. The highest BCUT2D eigenvalue weighted by Gasteiger charge is 2.12. The number of benzene rings is 2. The Kier molecular flexibility index (Phi) is 6.67. The first-order chi connectivity index (χ1) is 13.6. The zero-order chi connectivity index (χ0) is 19.9. The van der Waals surface area contributed by atoms with Crippen molar-refractivity contribution >= 4 is 23.4 Å². The second kappa shape index (κ2) is 9.38. The predicted molar refractivity (Wildman–Crippen MR) is 106 cm³/mol. The third-order valence-corrected chi connectivity index (χ3v) is 4.89. The third kappa shape index (κ3) is 5.34. The quantitative estimate of drug-likeness (QED) is 0.567. The summed E-state index contributed by atoms with van der Waals surface area (Å²) in [7, 11) is 1.57. The van der Waals surface area contributed by atoms with Crippen molar-refractivity contribution < 1.29 is 19.0 Å². The first-order valence-electron chi connectivity index (χ1n) is 8.55. The van der Waals surface area contributed by atoms with Crippen LogP contribution in [-0.2, 0) is 17.9 Å². The summed E-state index contributed by atoms with van der Waals surface area (Å²) in [6.07, 6.45) is 1.73. The van der Waals surface area contributed by atoms with Crippen LogP contribution in [0.15, 0.2) is 59.9 Å². The number of carbonyl (C=O) groups is 1. The van der Waals surface area contributed by atoms with Crippen LogP contribution >= 0.6 is 11.8 Å². The molecule has 0 atom stereocenters. The molecule has 0 spiro atoms. The summed E-state index contributed by atoms with van der Waals surface area (Å²) in [5, 5.41) is 12.8. The number of aromatic nitrogens is 2. The number of anilines is 1. The van der Waals surface area contributed by atoms with Crippen molar-refractivity contribution in [2.75, 3.05) is 18.2 Å². The van der Waals surface area contributed by atoms with Gasteiger partial charge in [0.2, 0.25) is 5.91 Å². The lowest BCUT2D eigenvalue weighted by Crippen LogP contribution is -2.14. The fourth-order valence-electron chi connectivity index (χ4n) is 2.57. The van der Waals surface area contributed by atoms with Crippen LogP contribution in [0.4, 0.5) is 10.1 Å². The molecule has 0 radical (unpaired) electrons. The van der Waals surface area contributed by atoms with Gasteiger partial charge in [0.25, 0.3) is 0 Å². The molecule has 0 aliphatic carbocycles. The number of methoxy groups -OCH3 is 1. The van der Waals surface area contributed by atoms with E-state index in [4.69, 9.17) is 4.74 Å². The highest BCUT2D eigenvalue weighted by Crippen LogP contribution is 2.21. The Bertz CT molecular complexity index is 944. The summed E-state index contributed by atoms with van der Waals surface area (Å²) in [6.45, 7) is 0.271. The minimum absolute atomic E-state index is 0.155. The van der Waals surface area contributed by atoms with Crippen molar-refractivity contribution in [3.63, 3.8) is 0 Å². The van der Waals surface area contributed by atoms with Crippen LogP contribution < -0.4 is 10.1 Å². The number of aliphatic hydroxyl groups excluding tert-OH is 1. The number of nitrogens with zero attached hydrogens (tertiary/aromatic N) is 2. The van der Waals surface area contributed by atoms with Crippen molar-refractivity contribution in [3.8, 4) is 5.75 Å². The summed E-state index contributed by atoms with van der Waals surface area (Å²) in [6, 6.07) is 13.3. The van der Waals surface area contributed by atoms with Gasteiger partial charge < -0.3 is 19.7 Å². The lowest BCUT2D eigenvalue weighted by molar-refractivity contribution is -0.113. The number of thioether (sulfide) groups is 1. The van der Waals surface area contributed by atoms with Crippen LogP contribution in [0.5, 0.6) is 5.75 Å². The van der Waals surface area contributed by atoms with E-state index in [2.05, 4.69) is 10.3 Å². The van der Waals surface area contributed by atoms with Crippen LogP contribution in [0.1, 0.15) is 11.3 Å². The monoisotopic (exact) mass is 401 g/mol. The molecular weight excluding hydrogens is 381 g/mol. The summed E-state index contributed by atoms with van der Waals surface area (Å²) in [4.78, 5) is 16.6. The number of carbonyl (C=O) groups excluding carboxylic acids is 1. The molecule has 3 aromatic rings. The lowest BCUT2D eigenvalue weighted by atomic mass is 10.2. The molecule has 1 amide bonds. The van der Waals surface area contributed by atoms with Crippen molar-refractivity contribution in [1.82, 2.24) is 9.55 Å². The molecule has 146 valence electrons. The summed E-state index contributed by atoms with van der Waals surface area (Å²) >= 11 is 1.27. The topological polar surface area (TPSA) is 76.4 Å². The maximum Gasteiger partial charge on any atom is 0.234 e. The number of aliphatic hydroxyl groups is 1. The van der Waals surface area contributed by atoms with Gasteiger partial charge in [0, 0.05) is 24.5 Å². The number of hydrogen-bond donors (Lipinski definition) is 2. The number of hydrogen-bond acceptors (Lipinski definition) is 5. The minimum atomic E-state index is -0.297. The largest absolute Gasteiger partial charge is 0.497 e. The SMILES string of the molecule is COc1cccc(NC(=O)CSc2nc(CO)cn2Cc2ccc(F)cc2)c1. The van der Waals surface area contributed by atoms with Gasteiger partial charge in [-0.15, -0.1) is 0 Å². The van der Waals surface area contributed by atoms with Gasteiger partial charge in [-0.25, -0.2) is 9.37 Å². The third-order valence-electron chi connectivity index (χ3n) is 3.90. The predicted octanol–water partition coefficient (Wildman–Crippen LogP) is 3.30. The van der Waals surface area contributed by atoms with E-state index >= 15 is 0 Å². The van der Waals surface area contributed by atoms with Crippen molar-refractivity contribution in [1.29, 1.82) is 0 Å². The molecule has 0 fully saturated rings. The Morgan fingerprint density at radius 2 is 2.07 bits per heavy atom. The van der Waals surface area contributed by atoms with Crippen LogP contribution in [0.2, 0.25) is 0 Å². The van der Waals surface area contributed by atoms with Crippen molar-refractivity contribution in [3.05, 3.63) is 71.8 Å². The summed E-state index contributed by atoms with van der Waals surface area (Å²) < 4.78 is 20.1. The maximum atomic E-state index is 13.1. The number of imidazole rings is 1. The molecule has 0 saturated heterocycles. The van der Waals surface area contributed by atoms with Gasteiger partial charge in [0.15, 0.2) is 5.16 Å². The molecule has 0 saturated carbocycles. The van der Waals surface area contributed by atoms with E-state index in [-0.39, 0.29) is 24.1 Å². The van der Waals surface area contributed by atoms with E-state index in [9.17, 15) is 14.3 Å². The molecule has 0 unspecified atom stereocenters. The second-order valence-electron chi connectivity index (χ2n) is 6.00. The minimum Gasteiger partial charge on any atom is -0.497 e. The molecule has 28 heavy (non-hydrogen) atoms. The first-order valence-corrected chi connectivity index (χ1v) is 9.54. The Hall–Kier alpha value is -2.84. The van der Waals surface area contributed by atoms with Crippen molar-refractivity contribution in [2.24, 2.45) is 0 Å². The molecule has 0 aliphatic heterocycles. The molecule has 3 rings (SSSR count). The summed E-state index contributed by atoms with van der Waals surface area (Å²) in [5.41, 5.74) is 2.06.